The van der Waals surface area contributed by atoms with Gasteiger partial charge in [0.15, 0.2) is 0 Å². The Labute approximate surface area is 116 Å². The van der Waals surface area contributed by atoms with Crippen LogP contribution in [0.1, 0.15) is 17.7 Å². The maximum atomic E-state index is 12.0. The number of aryl methyl sites for hydroxylation is 1. The lowest BCUT2D eigenvalue weighted by atomic mass is 9.91. The molecule has 2 aliphatic rings. The molecule has 1 aliphatic carbocycles. The SMILES string of the molecule is O=c1oc2c(c3ccccc13)CCC(OCC1CO1)C2. The van der Waals surface area contributed by atoms with Crippen LogP contribution in [0.4, 0.5) is 0 Å². The van der Waals surface area contributed by atoms with E-state index in [4.69, 9.17) is 13.9 Å². The third kappa shape index (κ3) is 2.15. The molecule has 0 amide bonds. The number of rotatable bonds is 3. The molecular weight excluding hydrogens is 256 g/mol. The fraction of sp³-hybridized carbons (Fsp3) is 0.438. The van der Waals surface area contributed by atoms with Crippen molar-refractivity contribution in [1.29, 1.82) is 0 Å². The number of ether oxygens (including phenoxy) is 2. The highest BCUT2D eigenvalue weighted by Crippen LogP contribution is 2.28. The third-order valence-electron chi connectivity index (χ3n) is 4.07. The minimum absolute atomic E-state index is 0.135. The van der Waals surface area contributed by atoms with Crippen molar-refractivity contribution in [3.8, 4) is 0 Å². The van der Waals surface area contributed by atoms with E-state index in [1.165, 1.54) is 5.56 Å². The standard InChI is InChI=1S/C16H16O4/c17-16-14-4-2-1-3-12(14)13-6-5-10(7-15(13)20-16)18-8-11-9-19-11/h1-4,10-11H,5-9H2. The first kappa shape index (κ1) is 12.1. The molecule has 0 spiro atoms. The molecule has 1 fully saturated rings. The second kappa shape index (κ2) is 4.72. The minimum atomic E-state index is -0.245. The highest BCUT2D eigenvalue weighted by Gasteiger charge is 2.28. The van der Waals surface area contributed by atoms with Crippen LogP contribution in [0, 0.1) is 0 Å². The summed E-state index contributed by atoms with van der Waals surface area (Å²) in [5.74, 6) is 0.793. The normalized spacial score (nSPS) is 24.6. The highest BCUT2D eigenvalue weighted by molar-refractivity contribution is 5.85. The van der Waals surface area contributed by atoms with Crippen molar-refractivity contribution in [3.05, 3.63) is 46.0 Å². The van der Waals surface area contributed by atoms with Crippen molar-refractivity contribution in [2.75, 3.05) is 13.2 Å². The van der Waals surface area contributed by atoms with Crippen molar-refractivity contribution in [1.82, 2.24) is 0 Å². The van der Waals surface area contributed by atoms with Crippen LogP contribution in [0.5, 0.6) is 0 Å². The first-order valence-electron chi connectivity index (χ1n) is 7.08. The van der Waals surface area contributed by atoms with Gasteiger partial charge in [-0.05, 0) is 29.9 Å². The van der Waals surface area contributed by atoms with Gasteiger partial charge in [0.1, 0.15) is 11.9 Å². The van der Waals surface area contributed by atoms with Crippen molar-refractivity contribution in [3.63, 3.8) is 0 Å². The van der Waals surface area contributed by atoms with Gasteiger partial charge in [-0.25, -0.2) is 4.79 Å². The molecule has 1 aromatic heterocycles. The van der Waals surface area contributed by atoms with Crippen LogP contribution in [0.2, 0.25) is 0 Å². The van der Waals surface area contributed by atoms with E-state index in [-0.39, 0.29) is 17.8 Å². The fourth-order valence-electron chi connectivity index (χ4n) is 2.91. The smallest absolute Gasteiger partial charge is 0.343 e. The molecule has 2 unspecified atom stereocenters. The van der Waals surface area contributed by atoms with Crippen LogP contribution in [-0.4, -0.2) is 25.4 Å². The van der Waals surface area contributed by atoms with E-state index in [1.54, 1.807) is 0 Å². The summed E-state index contributed by atoms with van der Waals surface area (Å²) in [6.07, 6.45) is 2.96. The lowest BCUT2D eigenvalue weighted by Crippen LogP contribution is -2.25. The maximum absolute atomic E-state index is 12.0. The number of hydrogen-bond acceptors (Lipinski definition) is 4. The molecule has 4 heteroatoms. The lowest BCUT2D eigenvalue weighted by molar-refractivity contribution is 0.0300. The molecule has 20 heavy (non-hydrogen) atoms. The molecule has 1 aliphatic heterocycles. The summed E-state index contributed by atoms with van der Waals surface area (Å²) in [5.41, 5.74) is 0.924. The van der Waals surface area contributed by atoms with Gasteiger partial charge in [-0.1, -0.05) is 18.2 Å². The monoisotopic (exact) mass is 272 g/mol. The number of fused-ring (bicyclic) bond motifs is 3. The van der Waals surface area contributed by atoms with Gasteiger partial charge >= 0.3 is 5.63 Å². The zero-order valence-corrected chi connectivity index (χ0v) is 11.1. The average Bonchev–Trinajstić information content (AvgIpc) is 3.29. The van der Waals surface area contributed by atoms with Gasteiger partial charge in [0.05, 0.1) is 24.7 Å². The molecular formula is C16H16O4. The molecule has 2 aromatic rings. The largest absolute Gasteiger partial charge is 0.427 e. The molecule has 4 rings (SSSR count). The Morgan fingerprint density at radius 3 is 2.85 bits per heavy atom. The summed E-state index contributed by atoms with van der Waals surface area (Å²) < 4.78 is 16.5. The Morgan fingerprint density at radius 1 is 1.25 bits per heavy atom. The summed E-state index contributed by atoms with van der Waals surface area (Å²) in [6.45, 7) is 1.46. The zero-order chi connectivity index (χ0) is 13.5. The third-order valence-corrected chi connectivity index (χ3v) is 4.07. The molecule has 2 atom stereocenters. The maximum Gasteiger partial charge on any atom is 0.343 e. The summed E-state index contributed by atoms with van der Waals surface area (Å²) in [6, 6.07) is 7.67. The summed E-state index contributed by atoms with van der Waals surface area (Å²) in [4.78, 5) is 12.0. The van der Waals surface area contributed by atoms with Crippen molar-refractivity contribution < 1.29 is 13.9 Å². The van der Waals surface area contributed by atoms with E-state index < -0.39 is 0 Å². The minimum Gasteiger partial charge on any atom is -0.427 e. The quantitative estimate of drug-likeness (QED) is 0.803. The zero-order valence-electron chi connectivity index (χ0n) is 11.1. The molecule has 2 heterocycles. The summed E-state index contributed by atoms with van der Waals surface area (Å²) in [5, 5.41) is 1.71. The van der Waals surface area contributed by atoms with Crippen molar-refractivity contribution in [2.24, 2.45) is 0 Å². The van der Waals surface area contributed by atoms with Crippen LogP contribution in [0.3, 0.4) is 0 Å². The van der Waals surface area contributed by atoms with Gasteiger partial charge in [0.2, 0.25) is 0 Å². The van der Waals surface area contributed by atoms with E-state index in [0.29, 0.717) is 18.4 Å². The van der Waals surface area contributed by atoms with Gasteiger partial charge in [0.25, 0.3) is 0 Å². The van der Waals surface area contributed by atoms with Gasteiger partial charge in [0, 0.05) is 6.42 Å². The first-order chi connectivity index (χ1) is 9.81. The van der Waals surface area contributed by atoms with Crippen LogP contribution >= 0.6 is 0 Å². The molecule has 0 radical (unpaired) electrons. The van der Waals surface area contributed by atoms with Crippen molar-refractivity contribution >= 4 is 10.8 Å². The molecule has 0 bridgehead atoms. The number of benzene rings is 1. The van der Waals surface area contributed by atoms with E-state index >= 15 is 0 Å². The Hall–Kier alpha value is -1.65. The highest BCUT2D eigenvalue weighted by atomic mass is 16.6. The Morgan fingerprint density at radius 2 is 2.05 bits per heavy atom. The number of hydrogen-bond donors (Lipinski definition) is 0. The first-order valence-corrected chi connectivity index (χ1v) is 7.08. The van der Waals surface area contributed by atoms with E-state index in [0.717, 1.165) is 30.6 Å². The summed E-state index contributed by atoms with van der Waals surface area (Å²) in [7, 11) is 0. The second-order valence-electron chi connectivity index (χ2n) is 5.49. The molecule has 0 N–H and O–H groups in total. The van der Waals surface area contributed by atoms with Gasteiger partial charge in [-0.2, -0.15) is 0 Å². The van der Waals surface area contributed by atoms with E-state index in [9.17, 15) is 4.79 Å². The van der Waals surface area contributed by atoms with Crippen molar-refractivity contribution in [2.45, 2.75) is 31.5 Å². The molecule has 104 valence electrons. The van der Waals surface area contributed by atoms with Gasteiger partial charge in [-0.3, -0.25) is 0 Å². The Kier molecular flexibility index (Phi) is 2.86. The predicted octanol–water partition coefficient (Wildman–Crippen LogP) is 2.07. The van der Waals surface area contributed by atoms with Crippen LogP contribution in [-0.2, 0) is 22.3 Å². The molecule has 1 aromatic carbocycles. The lowest BCUT2D eigenvalue weighted by Gasteiger charge is -2.24. The van der Waals surface area contributed by atoms with Crippen LogP contribution in [0.25, 0.3) is 10.8 Å². The number of epoxide rings is 1. The van der Waals surface area contributed by atoms with E-state index in [1.807, 2.05) is 24.3 Å². The molecule has 0 saturated carbocycles. The second-order valence-corrected chi connectivity index (χ2v) is 5.49. The topological polar surface area (TPSA) is 52.0 Å². The van der Waals surface area contributed by atoms with E-state index in [2.05, 4.69) is 0 Å². The predicted molar refractivity (Wildman–Crippen MR) is 74.0 cm³/mol. The summed E-state index contributed by atoms with van der Waals surface area (Å²) >= 11 is 0. The Balaban J connectivity index is 1.65. The fourth-order valence-corrected chi connectivity index (χ4v) is 2.91. The Bertz CT molecular complexity index is 699. The van der Waals surface area contributed by atoms with Crippen LogP contribution in [0.15, 0.2) is 33.5 Å². The van der Waals surface area contributed by atoms with Gasteiger partial charge in [-0.15, -0.1) is 0 Å². The molecule has 4 nitrogen and oxygen atoms in total. The van der Waals surface area contributed by atoms with Crippen LogP contribution < -0.4 is 5.63 Å². The molecule has 1 saturated heterocycles. The van der Waals surface area contributed by atoms with Gasteiger partial charge < -0.3 is 13.9 Å². The average molecular weight is 272 g/mol.